The second kappa shape index (κ2) is 9.44. The van der Waals surface area contributed by atoms with Crippen LogP contribution in [0, 0.1) is 0 Å². The first-order valence-electron chi connectivity index (χ1n) is 6.94. The highest BCUT2D eigenvalue weighted by Gasteiger charge is 2.05. The van der Waals surface area contributed by atoms with Gasteiger partial charge in [-0.1, -0.05) is 13.0 Å². The average Bonchev–Trinajstić information content (AvgIpc) is 2.55. The van der Waals surface area contributed by atoms with E-state index >= 15 is 0 Å². The molecule has 0 spiro atoms. The van der Waals surface area contributed by atoms with Gasteiger partial charge in [-0.3, -0.25) is 4.79 Å². The molecule has 0 aliphatic carbocycles. The molecule has 0 heterocycles. The van der Waals surface area contributed by atoms with E-state index in [0.717, 1.165) is 12.0 Å². The van der Waals surface area contributed by atoms with E-state index in [0.29, 0.717) is 18.0 Å². The summed E-state index contributed by atoms with van der Waals surface area (Å²) < 4.78 is 15.1. The second-order valence-corrected chi connectivity index (χ2v) is 4.41. The Hall–Kier alpha value is -2.50. The van der Waals surface area contributed by atoms with Gasteiger partial charge in [0.25, 0.3) is 5.91 Å². The van der Waals surface area contributed by atoms with Gasteiger partial charge in [-0.2, -0.15) is 0 Å². The Morgan fingerprint density at radius 1 is 1.18 bits per heavy atom. The summed E-state index contributed by atoms with van der Waals surface area (Å²) in [5.41, 5.74) is 0.755. The van der Waals surface area contributed by atoms with Crippen LogP contribution in [0.25, 0.3) is 6.08 Å². The molecular formula is C16H21NO5. The van der Waals surface area contributed by atoms with Crippen LogP contribution in [0.5, 0.6) is 11.5 Å². The number of esters is 1. The van der Waals surface area contributed by atoms with Gasteiger partial charge in [0.15, 0.2) is 18.1 Å². The zero-order chi connectivity index (χ0) is 16.4. The smallest absolute Gasteiger partial charge is 0.331 e. The summed E-state index contributed by atoms with van der Waals surface area (Å²) in [5.74, 6) is 0.280. The first kappa shape index (κ1) is 17.6. The van der Waals surface area contributed by atoms with Gasteiger partial charge in [0, 0.05) is 12.6 Å². The number of carbonyl (C=O) groups is 2. The first-order chi connectivity index (χ1) is 10.6. The van der Waals surface area contributed by atoms with Gasteiger partial charge < -0.3 is 19.5 Å². The minimum atomic E-state index is -0.582. The zero-order valence-corrected chi connectivity index (χ0v) is 13.0. The SMILES string of the molecule is CCCNC(=O)COC(=O)C=Cc1ccc(OC)c(OC)c1. The number of nitrogens with one attached hydrogen (secondary N) is 1. The topological polar surface area (TPSA) is 73.9 Å². The van der Waals surface area contributed by atoms with E-state index in [9.17, 15) is 9.59 Å². The third-order valence-corrected chi connectivity index (χ3v) is 2.74. The number of ether oxygens (including phenoxy) is 3. The molecule has 0 unspecified atom stereocenters. The third-order valence-electron chi connectivity index (χ3n) is 2.74. The van der Waals surface area contributed by atoms with E-state index in [1.807, 2.05) is 6.92 Å². The average molecular weight is 307 g/mol. The van der Waals surface area contributed by atoms with Crippen LogP contribution in [0.3, 0.4) is 0 Å². The van der Waals surface area contributed by atoms with Crippen molar-refractivity contribution in [2.75, 3.05) is 27.4 Å². The summed E-state index contributed by atoms with van der Waals surface area (Å²) in [6, 6.07) is 5.25. The van der Waals surface area contributed by atoms with Gasteiger partial charge in [0.05, 0.1) is 14.2 Å². The summed E-state index contributed by atoms with van der Waals surface area (Å²) in [7, 11) is 3.09. The van der Waals surface area contributed by atoms with Crippen LogP contribution in [-0.4, -0.2) is 39.2 Å². The van der Waals surface area contributed by atoms with E-state index in [-0.39, 0.29) is 12.5 Å². The third kappa shape index (κ3) is 5.87. The number of hydrogen-bond donors (Lipinski definition) is 1. The minimum absolute atomic E-state index is 0.283. The molecule has 6 nitrogen and oxygen atoms in total. The van der Waals surface area contributed by atoms with Gasteiger partial charge in [0.2, 0.25) is 0 Å². The first-order valence-corrected chi connectivity index (χ1v) is 6.94. The van der Waals surface area contributed by atoms with Crippen molar-refractivity contribution in [2.24, 2.45) is 0 Å². The second-order valence-electron chi connectivity index (χ2n) is 4.41. The van der Waals surface area contributed by atoms with Crippen LogP contribution in [-0.2, 0) is 14.3 Å². The van der Waals surface area contributed by atoms with Crippen molar-refractivity contribution >= 4 is 18.0 Å². The number of rotatable bonds is 8. The van der Waals surface area contributed by atoms with Crippen LogP contribution in [0.4, 0.5) is 0 Å². The lowest BCUT2D eigenvalue weighted by Crippen LogP contribution is -2.28. The highest BCUT2D eigenvalue weighted by molar-refractivity contribution is 5.89. The predicted octanol–water partition coefficient (Wildman–Crippen LogP) is 1.79. The van der Waals surface area contributed by atoms with Crippen molar-refractivity contribution in [3.63, 3.8) is 0 Å². The lowest BCUT2D eigenvalue weighted by molar-refractivity contribution is -0.143. The zero-order valence-electron chi connectivity index (χ0n) is 13.0. The Morgan fingerprint density at radius 3 is 2.55 bits per heavy atom. The standard InChI is InChI=1S/C16H21NO5/c1-4-9-17-15(18)11-22-16(19)8-6-12-5-7-13(20-2)14(10-12)21-3/h5-8,10H,4,9,11H2,1-3H3,(H,17,18). The fraction of sp³-hybridized carbons (Fsp3) is 0.375. The minimum Gasteiger partial charge on any atom is -0.493 e. The molecule has 0 aliphatic heterocycles. The quantitative estimate of drug-likeness (QED) is 0.585. The molecule has 0 fully saturated rings. The summed E-state index contributed by atoms with van der Waals surface area (Å²) in [5, 5.41) is 2.62. The lowest BCUT2D eigenvalue weighted by atomic mass is 10.2. The molecule has 1 amide bonds. The van der Waals surface area contributed by atoms with Crippen molar-refractivity contribution in [2.45, 2.75) is 13.3 Å². The molecule has 1 aromatic rings. The molecule has 22 heavy (non-hydrogen) atoms. The maximum Gasteiger partial charge on any atom is 0.331 e. The molecule has 1 N–H and O–H groups in total. The van der Waals surface area contributed by atoms with Crippen LogP contribution in [0.1, 0.15) is 18.9 Å². The summed E-state index contributed by atoms with van der Waals surface area (Å²) in [4.78, 5) is 22.8. The molecule has 0 bridgehead atoms. The molecule has 0 aromatic heterocycles. The monoisotopic (exact) mass is 307 g/mol. The van der Waals surface area contributed by atoms with Crippen molar-refractivity contribution in [3.8, 4) is 11.5 Å². The predicted molar refractivity (Wildman–Crippen MR) is 82.8 cm³/mol. The Morgan fingerprint density at radius 2 is 1.91 bits per heavy atom. The van der Waals surface area contributed by atoms with Crippen LogP contribution >= 0.6 is 0 Å². The number of amides is 1. The van der Waals surface area contributed by atoms with Crippen molar-refractivity contribution in [1.29, 1.82) is 0 Å². The molecule has 0 saturated carbocycles. The summed E-state index contributed by atoms with van der Waals surface area (Å²) in [6.45, 7) is 2.23. The molecule has 1 aromatic carbocycles. The molecule has 1 rings (SSSR count). The number of methoxy groups -OCH3 is 2. The lowest BCUT2D eigenvalue weighted by Gasteiger charge is -2.07. The molecule has 0 atom stereocenters. The van der Waals surface area contributed by atoms with Gasteiger partial charge in [-0.25, -0.2) is 4.79 Å². The Kier molecular flexibility index (Phi) is 7.53. The van der Waals surface area contributed by atoms with Crippen LogP contribution < -0.4 is 14.8 Å². The maximum absolute atomic E-state index is 11.5. The van der Waals surface area contributed by atoms with Gasteiger partial charge in [-0.05, 0) is 30.2 Å². The highest BCUT2D eigenvalue weighted by atomic mass is 16.5. The van der Waals surface area contributed by atoms with Gasteiger partial charge in [0.1, 0.15) is 0 Å². The van der Waals surface area contributed by atoms with Gasteiger partial charge >= 0.3 is 5.97 Å². The van der Waals surface area contributed by atoms with E-state index < -0.39 is 5.97 Å². The molecule has 0 saturated heterocycles. The van der Waals surface area contributed by atoms with Gasteiger partial charge in [-0.15, -0.1) is 0 Å². The Balaban J connectivity index is 2.53. The summed E-state index contributed by atoms with van der Waals surface area (Å²) >= 11 is 0. The summed E-state index contributed by atoms with van der Waals surface area (Å²) in [6.07, 6.45) is 3.67. The Bertz CT molecular complexity index is 539. The fourth-order valence-corrected chi connectivity index (χ4v) is 1.62. The van der Waals surface area contributed by atoms with E-state index in [1.54, 1.807) is 31.4 Å². The molecule has 0 radical (unpaired) electrons. The highest BCUT2D eigenvalue weighted by Crippen LogP contribution is 2.27. The fourth-order valence-electron chi connectivity index (χ4n) is 1.62. The number of hydrogen-bond acceptors (Lipinski definition) is 5. The molecular weight excluding hydrogens is 286 g/mol. The molecule has 120 valence electrons. The Labute approximate surface area is 130 Å². The largest absolute Gasteiger partial charge is 0.493 e. The van der Waals surface area contributed by atoms with Crippen LogP contribution in [0.2, 0.25) is 0 Å². The van der Waals surface area contributed by atoms with E-state index in [2.05, 4.69) is 5.32 Å². The molecule has 6 heteroatoms. The maximum atomic E-state index is 11.5. The normalized spacial score (nSPS) is 10.3. The van der Waals surface area contributed by atoms with Crippen molar-refractivity contribution in [1.82, 2.24) is 5.32 Å². The number of carbonyl (C=O) groups excluding carboxylic acids is 2. The molecule has 0 aliphatic rings. The van der Waals surface area contributed by atoms with Crippen molar-refractivity contribution < 1.29 is 23.8 Å². The van der Waals surface area contributed by atoms with Crippen molar-refractivity contribution in [3.05, 3.63) is 29.8 Å². The number of benzene rings is 1. The van der Waals surface area contributed by atoms with Crippen LogP contribution in [0.15, 0.2) is 24.3 Å². The van der Waals surface area contributed by atoms with E-state index in [1.165, 1.54) is 13.2 Å². The van der Waals surface area contributed by atoms with E-state index in [4.69, 9.17) is 14.2 Å².